The SMILES string of the molecule is CC(C)c1cccc(C(C)C)c1B1c2cc(-c3cccc4ccccc34)c[c-]c2-c2ncccc21.Cc1c[c-]c2c(c1)B(c1c(C)cccc1C)c1cccnc1-2.Cc1cc(C)c(-c2c[c-]c3c(c2)B(c2c(C(C)C)cccc2C(C)C)c2cccnc2-3)c(C)c1.[Ir].[Ir].[Ir].[Ir].[c-]1cc(-c2ccccc2)cc2c1-c1ncccc1B2c1c(-c2ccccc2)cccc1-c1ccccc1. The second-order valence-electron chi connectivity index (χ2n) is 36.5. The summed E-state index contributed by atoms with van der Waals surface area (Å²) in [6.45, 7) is 32.3. The van der Waals surface area contributed by atoms with Crippen LogP contribution in [-0.4, -0.2) is 46.8 Å². The Balaban J connectivity index is 0.000000135. The van der Waals surface area contributed by atoms with Crippen LogP contribution in [0.25, 0.3) is 111 Å². The maximum atomic E-state index is 4.85. The Morgan fingerprint density at radius 2 is 0.561 bits per heavy atom. The van der Waals surface area contributed by atoms with Crippen molar-refractivity contribution in [2.24, 2.45) is 0 Å². The Hall–Kier alpha value is -11.2. The normalized spacial score (nSPS) is 11.8. The van der Waals surface area contributed by atoms with Crippen LogP contribution in [0.1, 0.15) is 135 Å². The molecule has 0 bridgehead atoms. The van der Waals surface area contributed by atoms with Gasteiger partial charge in [-0.3, -0.25) is 0 Å². The average Bonchev–Trinajstić information content (AvgIpc) is 1.60. The summed E-state index contributed by atoms with van der Waals surface area (Å²) in [5, 5.41) is 2.54. The predicted molar refractivity (Wildman–Crippen MR) is 548 cm³/mol. The van der Waals surface area contributed by atoms with Gasteiger partial charge in [0.2, 0.25) is 0 Å². The van der Waals surface area contributed by atoms with Crippen LogP contribution in [-0.2, 0) is 80.4 Å². The molecule has 0 unspecified atom stereocenters. The Morgan fingerprint density at radius 3 is 1.00 bits per heavy atom. The number of nitrogens with zero attached hydrogens (tertiary/aromatic N) is 4. The van der Waals surface area contributed by atoms with Crippen LogP contribution in [0, 0.1) is 65.8 Å². The zero-order valence-corrected chi connectivity index (χ0v) is 86.7. The Bertz CT molecular complexity index is 7120. The van der Waals surface area contributed by atoms with E-state index in [9.17, 15) is 0 Å². The van der Waals surface area contributed by atoms with Gasteiger partial charge in [-0.25, -0.2) is 0 Å². The quantitative estimate of drug-likeness (QED) is 0.0853. The maximum absolute atomic E-state index is 4.85. The zero-order chi connectivity index (χ0) is 88.1. The summed E-state index contributed by atoms with van der Waals surface area (Å²) in [5.41, 5.74) is 50.8. The molecular formula is C120H102B4Ir4N4-4. The molecule has 4 aliphatic rings. The molecule has 0 aliphatic carbocycles. The molecule has 0 atom stereocenters. The monoisotopic (exact) mass is 2410 g/mol. The zero-order valence-electron chi connectivity index (χ0n) is 77.1. The van der Waals surface area contributed by atoms with Crippen LogP contribution in [0.4, 0.5) is 0 Å². The first-order valence-electron chi connectivity index (χ1n) is 45.5. The van der Waals surface area contributed by atoms with E-state index >= 15 is 0 Å². The number of hydrogen-bond acceptors (Lipinski definition) is 4. The summed E-state index contributed by atoms with van der Waals surface area (Å²) < 4.78 is 0. The first-order chi connectivity index (χ1) is 62.4. The molecule has 18 aromatic rings. The molecule has 8 heterocycles. The number of aryl methyl sites for hydroxylation is 6. The van der Waals surface area contributed by atoms with Crippen molar-refractivity contribution in [3.63, 3.8) is 0 Å². The van der Waals surface area contributed by atoms with Crippen molar-refractivity contribution in [3.8, 4) is 101 Å². The average molecular weight is 2410 g/mol. The summed E-state index contributed by atoms with van der Waals surface area (Å²) in [5.74, 6) is 1.79. The molecule has 0 amide bonds. The van der Waals surface area contributed by atoms with E-state index < -0.39 is 0 Å². The minimum absolute atomic E-state index is 0. The minimum atomic E-state index is 0. The van der Waals surface area contributed by atoms with E-state index in [-0.39, 0.29) is 107 Å². The second kappa shape index (κ2) is 41.1. The number of benzene rings is 14. The Kier molecular flexibility index (Phi) is 29.7. The molecule has 654 valence electrons. The molecule has 0 N–H and O–H groups in total. The van der Waals surface area contributed by atoms with Gasteiger partial charge in [0, 0.05) is 105 Å². The molecular weight excluding hydrogens is 2310 g/mol. The molecule has 0 fully saturated rings. The third kappa shape index (κ3) is 18.1. The molecule has 132 heavy (non-hydrogen) atoms. The molecule has 0 saturated carbocycles. The molecule has 4 nitrogen and oxygen atoms in total. The third-order valence-electron chi connectivity index (χ3n) is 26.8. The molecule has 4 aliphatic heterocycles. The van der Waals surface area contributed by atoms with Crippen LogP contribution >= 0.6 is 0 Å². The molecule has 12 heteroatoms. The van der Waals surface area contributed by atoms with Crippen molar-refractivity contribution < 1.29 is 80.4 Å². The number of aromatic nitrogens is 4. The molecule has 4 aromatic heterocycles. The summed E-state index contributed by atoms with van der Waals surface area (Å²) in [6, 6.07) is 128. The van der Waals surface area contributed by atoms with Crippen LogP contribution < -0.4 is 65.6 Å². The van der Waals surface area contributed by atoms with Crippen LogP contribution in [0.2, 0.25) is 0 Å². The van der Waals surface area contributed by atoms with Crippen molar-refractivity contribution in [2.75, 3.05) is 0 Å². The third-order valence-corrected chi connectivity index (χ3v) is 26.8. The van der Waals surface area contributed by atoms with Gasteiger partial charge >= 0.3 is 0 Å². The fraction of sp³-hybridized carbons (Fsp3) is 0.150. The van der Waals surface area contributed by atoms with Crippen LogP contribution in [0.5, 0.6) is 0 Å². The van der Waals surface area contributed by atoms with E-state index in [4.69, 9.17) is 15.0 Å². The first-order valence-corrected chi connectivity index (χ1v) is 45.5. The summed E-state index contributed by atoms with van der Waals surface area (Å²) >= 11 is 0. The smallest absolute Gasteiger partial charge is 0.183 e. The topological polar surface area (TPSA) is 51.6 Å². The Labute approximate surface area is 837 Å². The van der Waals surface area contributed by atoms with E-state index in [1.165, 1.54) is 188 Å². The molecule has 22 rings (SSSR count). The maximum Gasteiger partial charge on any atom is 0.183 e. The first kappa shape index (κ1) is 95.4. The van der Waals surface area contributed by atoms with Gasteiger partial charge in [0.15, 0.2) is 26.9 Å². The number of fused-ring (bicyclic) bond motifs is 13. The van der Waals surface area contributed by atoms with Crippen molar-refractivity contribution in [2.45, 2.75) is 121 Å². The van der Waals surface area contributed by atoms with Crippen molar-refractivity contribution in [3.05, 3.63) is 420 Å². The number of hydrogen-bond donors (Lipinski definition) is 0. The molecule has 4 radical (unpaired) electrons. The van der Waals surface area contributed by atoms with Crippen LogP contribution in [0.3, 0.4) is 0 Å². The standard InChI is InChI=1S/C35H23BN.C33H29BN.C32H33BN.C20H17BN.4Ir/c1-4-12-25(13-5-1)28-21-22-31-33(24-28)36(32-20-11-23-37-35(31)32)34-29(26-14-6-2-7-15-26)18-10-19-30(34)27-16-8-3-9-17-27;1-21(2)25-13-8-14-26(22(3)4)32(25)34-30-16-9-19-35-33(30)29-18-17-24(20-31(29)34)28-15-7-11-23-10-5-6-12-27(23)28;1-19(2)25-10-8-11-26(20(3)4)31(25)33-28-12-9-15-34-32(28)27-14-13-24(18-29(27)33)30-22(6)16-21(5)17-23(30)7;1-13-9-10-16-18(12-13)21(17-8-5-11-22-20(16)17)19-14(2)6-4-7-15(19)3;;;;/h1-21,23-24H;5-17,19-22H,1-4H3;8-13,15-20H,1-7H3;4-9,11-12H,1-3H3;;;;/q4*-1;;;;. The predicted octanol–water partition coefficient (Wildman–Crippen LogP) is 21.3. The van der Waals surface area contributed by atoms with E-state index in [0.29, 0.717) is 23.7 Å². The van der Waals surface area contributed by atoms with Gasteiger partial charge in [-0.15, -0.1) is 122 Å². The van der Waals surface area contributed by atoms with Crippen molar-refractivity contribution in [1.29, 1.82) is 0 Å². The van der Waals surface area contributed by atoms with Crippen molar-refractivity contribution in [1.82, 2.24) is 19.9 Å². The number of rotatable bonds is 13. The second-order valence-corrected chi connectivity index (χ2v) is 36.5. The van der Waals surface area contributed by atoms with Gasteiger partial charge in [-0.05, 0) is 138 Å². The Morgan fingerprint density at radius 1 is 0.235 bits per heavy atom. The summed E-state index contributed by atoms with van der Waals surface area (Å²) in [4.78, 5) is 19.2. The largest absolute Gasteiger partial charge is 0.305 e. The van der Waals surface area contributed by atoms with Crippen LogP contribution in [0.15, 0.2) is 340 Å². The summed E-state index contributed by atoms with van der Waals surface area (Å²) in [7, 11) is 0. The van der Waals surface area contributed by atoms with E-state index in [2.05, 4.69) is 436 Å². The van der Waals surface area contributed by atoms with Gasteiger partial charge in [0.05, 0.1) is 0 Å². The molecule has 0 spiro atoms. The summed E-state index contributed by atoms with van der Waals surface area (Å²) in [6.07, 6.45) is 7.60. The van der Waals surface area contributed by atoms with Crippen molar-refractivity contribution >= 4 is 103 Å². The van der Waals surface area contributed by atoms with Gasteiger partial charge in [0.1, 0.15) is 0 Å². The molecule has 0 saturated heterocycles. The van der Waals surface area contributed by atoms with Gasteiger partial charge < -0.3 is 19.9 Å². The van der Waals surface area contributed by atoms with Gasteiger partial charge in [0.25, 0.3) is 0 Å². The number of pyridine rings is 4. The van der Waals surface area contributed by atoms with E-state index in [1.807, 2.05) is 30.9 Å². The fourth-order valence-corrected chi connectivity index (χ4v) is 21.2. The minimum Gasteiger partial charge on any atom is -0.305 e. The molecule has 14 aromatic carbocycles. The fourth-order valence-electron chi connectivity index (χ4n) is 21.2. The van der Waals surface area contributed by atoms with E-state index in [1.54, 1.807) is 0 Å². The van der Waals surface area contributed by atoms with Gasteiger partial charge in [-0.1, -0.05) is 432 Å². The van der Waals surface area contributed by atoms with E-state index in [0.717, 1.165) is 45.0 Å². The van der Waals surface area contributed by atoms with Gasteiger partial charge in [-0.2, -0.15) is 0 Å².